The van der Waals surface area contributed by atoms with E-state index in [4.69, 9.17) is 16.3 Å². The van der Waals surface area contributed by atoms with Gasteiger partial charge in [0.05, 0.1) is 11.8 Å². The van der Waals surface area contributed by atoms with Crippen molar-refractivity contribution >= 4 is 11.6 Å². The van der Waals surface area contributed by atoms with Crippen LogP contribution < -0.4 is 5.32 Å². The Labute approximate surface area is 137 Å². The van der Waals surface area contributed by atoms with Crippen molar-refractivity contribution in [2.75, 3.05) is 13.1 Å². The normalized spacial score (nSPS) is 16.8. The van der Waals surface area contributed by atoms with Gasteiger partial charge in [-0.2, -0.15) is 0 Å². The molecule has 0 unspecified atom stereocenters. The number of piperidine rings is 1. The molecule has 0 saturated carbocycles. The molecule has 1 fully saturated rings. The lowest BCUT2D eigenvalue weighted by atomic mass is 10.0. The summed E-state index contributed by atoms with van der Waals surface area (Å²) in [5.74, 6) is 0. The van der Waals surface area contributed by atoms with E-state index in [1.54, 1.807) is 0 Å². The molecule has 1 N–H and O–H groups in total. The van der Waals surface area contributed by atoms with Gasteiger partial charge in [0.1, 0.15) is 6.10 Å². The summed E-state index contributed by atoms with van der Waals surface area (Å²) >= 11 is 5.99. The summed E-state index contributed by atoms with van der Waals surface area (Å²) in [6.07, 6.45) is 4.03. The second kappa shape index (κ2) is 8.28. The Morgan fingerprint density at radius 2 is 1.82 bits per heavy atom. The van der Waals surface area contributed by atoms with Crippen molar-refractivity contribution in [2.24, 2.45) is 0 Å². The number of benzene rings is 1. The zero-order valence-corrected chi connectivity index (χ0v) is 12.6. The van der Waals surface area contributed by atoms with Gasteiger partial charge in [0.15, 0.2) is 0 Å². The molecule has 1 aromatic carbocycles. The number of nitrogens with zero attached hydrogens (tertiary/aromatic N) is 1. The third-order valence-electron chi connectivity index (χ3n) is 3.74. The van der Waals surface area contributed by atoms with E-state index in [1.165, 1.54) is 0 Å². The molecular formula is C18H23ClN2O. The van der Waals surface area contributed by atoms with Crippen LogP contribution in [-0.4, -0.2) is 24.2 Å². The molecule has 0 aliphatic carbocycles. The van der Waals surface area contributed by atoms with E-state index in [0.29, 0.717) is 0 Å². The zero-order valence-electron chi connectivity index (χ0n) is 11.8. The summed E-state index contributed by atoms with van der Waals surface area (Å²) in [4.78, 5) is 4.47. The van der Waals surface area contributed by atoms with Gasteiger partial charge in [0.2, 0.25) is 0 Å². The van der Waals surface area contributed by atoms with E-state index in [-0.39, 0.29) is 19.6 Å². The zero-order chi connectivity index (χ0) is 14.5. The monoisotopic (exact) mass is 318 g/mol. The van der Waals surface area contributed by atoms with E-state index in [1.807, 2.05) is 48.7 Å². The first kappa shape index (κ1) is 16.9. The molecule has 4 heteroatoms. The average molecular weight is 319 g/mol. The number of halogens is 1. The molecule has 1 aliphatic rings. The summed E-state index contributed by atoms with van der Waals surface area (Å²) in [5.41, 5.74) is 2.04. The van der Waals surface area contributed by atoms with E-state index in [9.17, 15) is 0 Å². The van der Waals surface area contributed by atoms with Crippen LogP contribution in [-0.2, 0) is 4.74 Å². The molecule has 1 aromatic heterocycles. The van der Waals surface area contributed by atoms with Crippen LogP contribution in [0.1, 0.15) is 37.6 Å². The van der Waals surface area contributed by atoms with Crippen LogP contribution in [0, 0.1) is 0 Å². The van der Waals surface area contributed by atoms with Crippen LogP contribution in [0.2, 0.25) is 5.02 Å². The highest BCUT2D eigenvalue weighted by Gasteiger charge is 2.22. The number of pyridine rings is 1. The van der Waals surface area contributed by atoms with Gasteiger partial charge in [-0.3, -0.25) is 4.98 Å². The van der Waals surface area contributed by atoms with Gasteiger partial charge in [-0.05, 0) is 55.8 Å². The van der Waals surface area contributed by atoms with Crippen molar-refractivity contribution in [3.63, 3.8) is 0 Å². The predicted octanol–water partition coefficient (Wildman–Crippen LogP) is 4.23. The Morgan fingerprint density at radius 3 is 2.45 bits per heavy atom. The molecule has 2 aromatic rings. The molecule has 0 radical (unpaired) electrons. The SMILES string of the molecule is C.Clc1ccc([C@H](OC2CCNCC2)c2ccccn2)cc1. The Morgan fingerprint density at radius 1 is 1.09 bits per heavy atom. The minimum atomic E-state index is -0.133. The number of hydrogen-bond acceptors (Lipinski definition) is 3. The third-order valence-corrected chi connectivity index (χ3v) is 4.00. The van der Waals surface area contributed by atoms with Crippen LogP contribution in [0.5, 0.6) is 0 Å². The minimum Gasteiger partial charge on any atom is -0.364 e. The van der Waals surface area contributed by atoms with E-state index < -0.39 is 0 Å². The molecule has 0 bridgehead atoms. The number of aromatic nitrogens is 1. The number of rotatable bonds is 4. The smallest absolute Gasteiger partial charge is 0.125 e. The first-order valence-corrected chi connectivity index (χ1v) is 7.73. The third kappa shape index (κ3) is 4.29. The summed E-state index contributed by atoms with van der Waals surface area (Å²) in [6.45, 7) is 2.03. The maximum absolute atomic E-state index is 6.36. The maximum atomic E-state index is 6.36. The van der Waals surface area contributed by atoms with Crippen LogP contribution in [0.25, 0.3) is 0 Å². The first-order chi connectivity index (χ1) is 10.3. The lowest BCUT2D eigenvalue weighted by molar-refractivity contribution is -0.00991. The molecule has 0 amide bonds. The van der Waals surface area contributed by atoms with Crippen LogP contribution in [0.4, 0.5) is 0 Å². The molecule has 3 rings (SSSR count). The fraction of sp³-hybridized carbons (Fsp3) is 0.389. The summed E-state index contributed by atoms with van der Waals surface area (Å²) in [7, 11) is 0. The first-order valence-electron chi connectivity index (χ1n) is 7.35. The van der Waals surface area contributed by atoms with Crippen molar-refractivity contribution in [3.05, 3.63) is 64.9 Å². The highest BCUT2D eigenvalue weighted by atomic mass is 35.5. The molecule has 0 spiro atoms. The van der Waals surface area contributed by atoms with Crippen LogP contribution in [0.3, 0.4) is 0 Å². The van der Waals surface area contributed by atoms with Gasteiger partial charge in [-0.1, -0.05) is 37.2 Å². The Bertz CT molecular complexity index is 553. The quantitative estimate of drug-likeness (QED) is 0.916. The second-order valence-electron chi connectivity index (χ2n) is 5.27. The lowest BCUT2D eigenvalue weighted by Crippen LogP contribution is -2.33. The topological polar surface area (TPSA) is 34.1 Å². The summed E-state index contributed by atoms with van der Waals surface area (Å²) < 4.78 is 6.36. The van der Waals surface area contributed by atoms with Crippen molar-refractivity contribution in [1.82, 2.24) is 10.3 Å². The number of ether oxygens (including phenoxy) is 1. The summed E-state index contributed by atoms with van der Waals surface area (Å²) in [5, 5.41) is 4.10. The molecule has 1 aliphatic heterocycles. The lowest BCUT2D eigenvalue weighted by Gasteiger charge is -2.28. The standard InChI is InChI=1S/C17H19ClN2O.CH4/c18-14-6-4-13(5-7-14)17(16-3-1-2-10-20-16)21-15-8-11-19-12-9-15;/h1-7,10,15,17,19H,8-9,11-12H2;1H4/t17-;/m0./s1. The van der Waals surface area contributed by atoms with Gasteiger partial charge < -0.3 is 10.1 Å². The highest BCUT2D eigenvalue weighted by molar-refractivity contribution is 6.30. The second-order valence-corrected chi connectivity index (χ2v) is 5.71. The minimum absolute atomic E-state index is 0. The van der Waals surface area contributed by atoms with Crippen LogP contribution >= 0.6 is 11.6 Å². The van der Waals surface area contributed by atoms with E-state index in [0.717, 1.165) is 42.2 Å². The largest absolute Gasteiger partial charge is 0.364 e. The Kier molecular flexibility index (Phi) is 6.37. The molecule has 22 heavy (non-hydrogen) atoms. The molecular weight excluding hydrogens is 296 g/mol. The maximum Gasteiger partial charge on any atom is 0.125 e. The van der Waals surface area contributed by atoms with Crippen molar-refractivity contribution in [1.29, 1.82) is 0 Å². The van der Waals surface area contributed by atoms with Crippen molar-refractivity contribution in [2.45, 2.75) is 32.5 Å². The van der Waals surface area contributed by atoms with Crippen LogP contribution in [0.15, 0.2) is 48.7 Å². The molecule has 118 valence electrons. The predicted molar refractivity (Wildman–Crippen MR) is 91.2 cm³/mol. The summed E-state index contributed by atoms with van der Waals surface area (Å²) in [6, 6.07) is 13.8. The number of nitrogens with one attached hydrogen (secondary N) is 1. The van der Waals surface area contributed by atoms with Gasteiger partial charge in [0.25, 0.3) is 0 Å². The van der Waals surface area contributed by atoms with Gasteiger partial charge in [0, 0.05) is 11.2 Å². The van der Waals surface area contributed by atoms with E-state index >= 15 is 0 Å². The molecule has 3 nitrogen and oxygen atoms in total. The van der Waals surface area contributed by atoms with Gasteiger partial charge in [-0.15, -0.1) is 0 Å². The highest BCUT2D eigenvalue weighted by Crippen LogP contribution is 2.28. The fourth-order valence-corrected chi connectivity index (χ4v) is 2.74. The average Bonchev–Trinajstić information content (AvgIpc) is 2.55. The molecule has 2 heterocycles. The Balaban J connectivity index is 0.00000176. The number of hydrogen-bond donors (Lipinski definition) is 1. The Hall–Kier alpha value is -1.42. The molecule has 1 atom stereocenters. The van der Waals surface area contributed by atoms with Crippen molar-refractivity contribution < 1.29 is 4.74 Å². The van der Waals surface area contributed by atoms with Crippen molar-refractivity contribution in [3.8, 4) is 0 Å². The van der Waals surface area contributed by atoms with Gasteiger partial charge in [-0.25, -0.2) is 0 Å². The van der Waals surface area contributed by atoms with E-state index in [2.05, 4.69) is 10.3 Å². The van der Waals surface area contributed by atoms with Gasteiger partial charge >= 0.3 is 0 Å². The molecule has 1 saturated heterocycles. The fourth-order valence-electron chi connectivity index (χ4n) is 2.61.